The highest BCUT2D eigenvalue weighted by Gasteiger charge is 2.15. The lowest BCUT2D eigenvalue weighted by molar-refractivity contribution is -0.147. The Kier molecular flexibility index (Phi) is 8.05. The first-order valence-electron chi connectivity index (χ1n) is 8.92. The summed E-state index contributed by atoms with van der Waals surface area (Å²) in [7, 11) is 0. The van der Waals surface area contributed by atoms with Gasteiger partial charge in [-0.3, -0.25) is 14.4 Å². The summed E-state index contributed by atoms with van der Waals surface area (Å²) in [6.45, 7) is 4.72. The number of hydrogen-bond acceptors (Lipinski definition) is 4. The number of halogens is 2. The average molecular weight is 437 g/mol. The maximum Gasteiger partial charge on any atom is 0.325 e. The number of esters is 1. The predicted octanol–water partition coefficient (Wildman–Crippen LogP) is 3.76. The van der Waals surface area contributed by atoms with E-state index in [-0.39, 0.29) is 12.5 Å². The van der Waals surface area contributed by atoms with Crippen LogP contribution in [0.25, 0.3) is 0 Å². The van der Waals surface area contributed by atoms with Gasteiger partial charge in [0.2, 0.25) is 0 Å². The molecule has 8 heteroatoms. The van der Waals surface area contributed by atoms with Crippen molar-refractivity contribution in [3.8, 4) is 0 Å². The molecule has 0 heterocycles. The minimum Gasteiger partial charge on any atom is -0.454 e. The van der Waals surface area contributed by atoms with Gasteiger partial charge in [-0.2, -0.15) is 0 Å². The van der Waals surface area contributed by atoms with Gasteiger partial charge in [0.25, 0.3) is 11.8 Å². The molecule has 2 N–H and O–H groups in total. The summed E-state index contributed by atoms with van der Waals surface area (Å²) in [5, 5.41) is 6.09. The Morgan fingerprint density at radius 1 is 1.03 bits per heavy atom. The number of rotatable bonds is 7. The Morgan fingerprint density at radius 3 is 2.31 bits per heavy atom. The second-order valence-corrected chi connectivity index (χ2v) is 7.52. The molecule has 0 aliphatic heterocycles. The first-order chi connectivity index (χ1) is 13.7. The lowest BCUT2D eigenvalue weighted by Gasteiger charge is -2.16. The summed E-state index contributed by atoms with van der Waals surface area (Å²) in [5.74, 6) is -1.59. The Labute approximate surface area is 179 Å². The number of carbonyl (C=O) groups excluding carboxylic acids is 3. The zero-order valence-electron chi connectivity index (χ0n) is 16.3. The maximum atomic E-state index is 12.1. The van der Waals surface area contributed by atoms with Gasteiger partial charge in [0.05, 0.1) is 6.04 Å². The maximum absolute atomic E-state index is 12.1. The van der Waals surface area contributed by atoms with Crippen LogP contribution in [0.2, 0.25) is 10.0 Å². The largest absolute Gasteiger partial charge is 0.454 e. The molecule has 0 fully saturated rings. The SMILES string of the molecule is Cc1cc(C)cc(C(=O)NCC(=O)OCC(=O)NC(C)c2ccc(Cl)cc2Cl)c1. The first-order valence-corrected chi connectivity index (χ1v) is 9.67. The lowest BCUT2D eigenvalue weighted by atomic mass is 10.1. The molecule has 0 radical (unpaired) electrons. The second kappa shape index (κ2) is 10.3. The van der Waals surface area contributed by atoms with Gasteiger partial charge in [0.1, 0.15) is 6.54 Å². The van der Waals surface area contributed by atoms with Crippen molar-refractivity contribution in [2.24, 2.45) is 0 Å². The van der Waals surface area contributed by atoms with E-state index in [1.807, 2.05) is 19.9 Å². The Hall–Kier alpha value is -2.57. The Balaban J connectivity index is 1.78. The Bertz CT molecular complexity index is 911. The van der Waals surface area contributed by atoms with Crippen LogP contribution in [-0.2, 0) is 14.3 Å². The van der Waals surface area contributed by atoms with E-state index in [0.29, 0.717) is 21.2 Å². The number of ether oxygens (including phenoxy) is 1. The zero-order valence-corrected chi connectivity index (χ0v) is 17.9. The van der Waals surface area contributed by atoms with Crippen molar-refractivity contribution in [3.63, 3.8) is 0 Å². The molecule has 154 valence electrons. The fourth-order valence-corrected chi connectivity index (χ4v) is 3.34. The molecule has 1 unspecified atom stereocenters. The van der Waals surface area contributed by atoms with Crippen LogP contribution in [0.5, 0.6) is 0 Å². The van der Waals surface area contributed by atoms with Crippen molar-refractivity contribution < 1.29 is 19.1 Å². The second-order valence-electron chi connectivity index (χ2n) is 6.67. The molecular formula is C21H22Cl2N2O4. The molecule has 0 aliphatic carbocycles. The topological polar surface area (TPSA) is 84.5 Å². The van der Waals surface area contributed by atoms with Crippen LogP contribution in [0.1, 0.15) is 40.0 Å². The molecule has 0 spiro atoms. The van der Waals surface area contributed by atoms with Gasteiger partial charge in [-0.15, -0.1) is 0 Å². The van der Waals surface area contributed by atoms with Crippen LogP contribution in [0, 0.1) is 13.8 Å². The Morgan fingerprint density at radius 2 is 1.69 bits per heavy atom. The van der Waals surface area contributed by atoms with Crippen molar-refractivity contribution in [2.45, 2.75) is 26.8 Å². The van der Waals surface area contributed by atoms with Gasteiger partial charge < -0.3 is 15.4 Å². The van der Waals surface area contributed by atoms with Crippen molar-refractivity contribution in [1.82, 2.24) is 10.6 Å². The molecule has 2 rings (SSSR count). The van der Waals surface area contributed by atoms with Crippen LogP contribution in [-0.4, -0.2) is 30.9 Å². The van der Waals surface area contributed by atoms with Crippen molar-refractivity contribution in [1.29, 1.82) is 0 Å². The predicted molar refractivity (Wildman–Crippen MR) is 112 cm³/mol. The van der Waals surface area contributed by atoms with Crippen LogP contribution in [0.3, 0.4) is 0 Å². The van der Waals surface area contributed by atoms with Crippen LogP contribution < -0.4 is 10.6 Å². The summed E-state index contributed by atoms with van der Waals surface area (Å²) < 4.78 is 4.90. The molecule has 2 aromatic carbocycles. The smallest absolute Gasteiger partial charge is 0.325 e. The highest BCUT2D eigenvalue weighted by molar-refractivity contribution is 6.35. The van der Waals surface area contributed by atoms with Crippen LogP contribution in [0.15, 0.2) is 36.4 Å². The van der Waals surface area contributed by atoms with Gasteiger partial charge in [-0.1, -0.05) is 46.5 Å². The van der Waals surface area contributed by atoms with E-state index in [2.05, 4.69) is 10.6 Å². The summed E-state index contributed by atoms with van der Waals surface area (Å²) in [5.41, 5.74) is 3.05. The van der Waals surface area contributed by atoms with E-state index in [1.165, 1.54) is 0 Å². The molecule has 0 saturated heterocycles. The number of hydrogen-bond donors (Lipinski definition) is 2. The number of carbonyl (C=O) groups is 3. The summed E-state index contributed by atoms with van der Waals surface area (Å²) in [6.07, 6.45) is 0. The van der Waals surface area contributed by atoms with Crippen molar-refractivity contribution in [3.05, 3.63) is 68.7 Å². The third-order valence-corrected chi connectivity index (χ3v) is 4.61. The van der Waals surface area contributed by atoms with Crippen molar-refractivity contribution >= 4 is 41.0 Å². The van der Waals surface area contributed by atoms with Crippen molar-refractivity contribution in [2.75, 3.05) is 13.2 Å². The standard InChI is InChI=1S/C21H22Cl2N2O4/c1-12-6-13(2)8-15(7-12)21(28)24-10-20(27)29-11-19(26)25-14(3)17-5-4-16(22)9-18(17)23/h4-9,14H,10-11H2,1-3H3,(H,24,28)(H,25,26). The number of aryl methyl sites for hydroxylation is 2. The highest BCUT2D eigenvalue weighted by Crippen LogP contribution is 2.25. The van der Waals surface area contributed by atoms with Gasteiger partial charge in [0, 0.05) is 15.6 Å². The van der Waals surface area contributed by atoms with Crippen LogP contribution in [0.4, 0.5) is 0 Å². The molecule has 0 aliphatic rings. The molecule has 2 amide bonds. The lowest BCUT2D eigenvalue weighted by Crippen LogP contribution is -2.34. The van der Waals surface area contributed by atoms with E-state index < -0.39 is 24.5 Å². The monoisotopic (exact) mass is 436 g/mol. The molecule has 2 aromatic rings. The van der Waals surface area contributed by atoms with E-state index in [1.54, 1.807) is 37.3 Å². The number of benzene rings is 2. The van der Waals surface area contributed by atoms with E-state index in [9.17, 15) is 14.4 Å². The fraction of sp³-hybridized carbons (Fsp3) is 0.286. The molecule has 0 aromatic heterocycles. The highest BCUT2D eigenvalue weighted by atomic mass is 35.5. The molecule has 29 heavy (non-hydrogen) atoms. The molecule has 1 atom stereocenters. The van der Waals surface area contributed by atoms with E-state index >= 15 is 0 Å². The molecule has 0 bridgehead atoms. The van der Waals surface area contributed by atoms with Gasteiger partial charge in [-0.05, 0) is 50.6 Å². The van der Waals surface area contributed by atoms with Gasteiger partial charge in [-0.25, -0.2) is 0 Å². The minimum absolute atomic E-state index is 0.336. The first kappa shape index (κ1) is 22.7. The normalized spacial score (nSPS) is 11.5. The summed E-state index contributed by atoms with van der Waals surface area (Å²) in [6, 6.07) is 9.97. The van der Waals surface area contributed by atoms with Gasteiger partial charge >= 0.3 is 5.97 Å². The van der Waals surface area contributed by atoms with E-state index in [4.69, 9.17) is 27.9 Å². The zero-order chi connectivity index (χ0) is 21.6. The molecular weight excluding hydrogens is 415 g/mol. The summed E-state index contributed by atoms with van der Waals surface area (Å²) in [4.78, 5) is 35.9. The summed E-state index contributed by atoms with van der Waals surface area (Å²) >= 11 is 12.0. The molecule has 0 saturated carbocycles. The minimum atomic E-state index is -0.713. The quantitative estimate of drug-likeness (QED) is 0.647. The fourth-order valence-electron chi connectivity index (χ4n) is 2.77. The number of nitrogens with one attached hydrogen (secondary N) is 2. The van der Waals surface area contributed by atoms with Crippen LogP contribution >= 0.6 is 23.2 Å². The average Bonchev–Trinajstić information content (AvgIpc) is 2.63. The van der Waals surface area contributed by atoms with E-state index in [0.717, 1.165) is 11.1 Å². The number of amides is 2. The van der Waals surface area contributed by atoms with Gasteiger partial charge in [0.15, 0.2) is 6.61 Å². The third-order valence-electron chi connectivity index (χ3n) is 4.05. The molecule has 6 nitrogen and oxygen atoms in total. The third kappa shape index (κ3) is 7.07.